The minimum absolute atomic E-state index is 0.0440. The van der Waals surface area contributed by atoms with E-state index in [1.807, 2.05) is 13.8 Å². The first-order chi connectivity index (χ1) is 9.40. The highest BCUT2D eigenvalue weighted by molar-refractivity contribution is 6.36. The summed E-state index contributed by atoms with van der Waals surface area (Å²) >= 11 is 11.8. The highest BCUT2D eigenvalue weighted by Crippen LogP contribution is 2.21. The Kier molecular flexibility index (Phi) is 6.30. The average molecular weight is 318 g/mol. The van der Waals surface area contributed by atoms with Crippen LogP contribution in [-0.4, -0.2) is 25.0 Å². The van der Waals surface area contributed by atoms with Gasteiger partial charge >= 0.3 is 5.97 Å². The van der Waals surface area contributed by atoms with Crippen LogP contribution in [0.25, 0.3) is 0 Å². The molecule has 0 aliphatic rings. The zero-order valence-electron chi connectivity index (χ0n) is 11.6. The third-order valence-corrected chi connectivity index (χ3v) is 3.68. The lowest BCUT2D eigenvalue weighted by Gasteiger charge is -2.22. The van der Waals surface area contributed by atoms with E-state index in [2.05, 4.69) is 5.32 Å². The van der Waals surface area contributed by atoms with Gasteiger partial charge in [0.05, 0.1) is 17.7 Å². The number of carbonyl (C=O) groups is 2. The van der Waals surface area contributed by atoms with Crippen molar-refractivity contribution in [2.24, 2.45) is 5.92 Å². The fourth-order valence-electron chi connectivity index (χ4n) is 1.69. The first-order valence-corrected chi connectivity index (χ1v) is 7.00. The SMILES string of the molecule is CCC(C)C(NC(=O)c1ccc(Cl)cc1Cl)C(=O)OC. The summed E-state index contributed by atoms with van der Waals surface area (Å²) in [6.07, 6.45) is 0.731. The van der Waals surface area contributed by atoms with Crippen LogP contribution in [0.3, 0.4) is 0 Å². The molecule has 1 aromatic carbocycles. The van der Waals surface area contributed by atoms with Crippen molar-refractivity contribution < 1.29 is 14.3 Å². The zero-order chi connectivity index (χ0) is 15.3. The number of esters is 1. The van der Waals surface area contributed by atoms with Crippen molar-refractivity contribution in [3.63, 3.8) is 0 Å². The number of hydrogen-bond donors (Lipinski definition) is 1. The van der Waals surface area contributed by atoms with Gasteiger partial charge in [-0.3, -0.25) is 4.79 Å². The second-order valence-electron chi connectivity index (χ2n) is 4.48. The molecule has 2 atom stereocenters. The molecule has 1 aromatic rings. The van der Waals surface area contributed by atoms with Crippen LogP contribution in [0.1, 0.15) is 30.6 Å². The number of hydrogen-bond acceptors (Lipinski definition) is 3. The normalized spacial score (nSPS) is 13.4. The zero-order valence-corrected chi connectivity index (χ0v) is 13.1. The molecule has 110 valence electrons. The van der Waals surface area contributed by atoms with E-state index in [9.17, 15) is 9.59 Å². The molecule has 0 spiro atoms. The van der Waals surface area contributed by atoms with E-state index in [1.54, 1.807) is 6.07 Å². The molecule has 1 rings (SSSR count). The second kappa shape index (κ2) is 7.50. The Morgan fingerprint density at radius 3 is 2.50 bits per heavy atom. The Balaban J connectivity index is 2.93. The summed E-state index contributed by atoms with van der Waals surface area (Å²) in [5, 5.41) is 3.34. The fourth-order valence-corrected chi connectivity index (χ4v) is 2.18. The second-order valence-corrected chi connectivity index (χ2v) is 5.33. The smallest absolute Gasteiger partial charge is 0.328 e. The van der Waals surface area contributed by atoms with E-state index >= 15 is 0 Å². The molecule has 0 aromatic heterocycles. The molecular formula is C14H17Cl2NO3. The molecular weight excluding hydrogens is 301 g/mol. The minimum Gasteiger partial charge on any atom is -0.467 e. The maximum atomic E-state index is 12.2. The number of amides is 1. The number of methoxy groups -OCH3 is 1. The first kappa shape index (κ1) is 16.8. The average Bonchev–Trinajstić information content (AvgIpc) is 2.42. The molecule has 0 aliphatic heterocycles. The van der Waals surface area contributed by atoms with Crippen molar-refractivity contribution in [2.75, 3.05) is 7.11 Å². The standard InChI is InChI=1S/C14H17Cl2NO3/c1-4-8(2)12(14(19)20-3)17-13(18)10-6-5-9(15)7-11(10)16/h5-8,12H,4H2,1-3H3,(H,17,18). The van der Waals surface area contributed by atoms with Gasteiger partial charge in [0.2, 0.25) is 0 Å². The van der Waals surface area contributed by atoms with E-state index in [4.69, 9.17) is 27.9 Å². The third kappa shape index (κ3) is 4.12. The molecule has 0 fully saturated rings. The molecule has 2 unspecified atom stereocenters. The predicted octanol–water partition coefficient (Wildman–Crippen LogP) is 3.31. The molecule has 6 heteroatoms. The van der Waals surface area contributed by atoms with Crippen molar-refractivity contribution in [1.29, 1.82) is 0 Å². The Morgan fingerprint density at radius 2 is 2.00 bits per heavy atom. The number of ether oxygens (including phenoxy) is 1. The van der Waals surface area contributed by atoms with Gasteiger partial charge in [-0.15, -0.1) is 0 Å². The number of benzene rings is 1. The summed E-state index contributed by atoms with van der Waals surface area (Å²) in [7, 11) is 1.29. The summed E-state index contributed by atoms with van der Waals surface area (Å²) in [4.78, 5) is 23.9. The highest BCUT2D eigenvalue weighted by Gasteiger charge is 2.27. The summed E-state index contributed by atoms with van der Waals surface area (Å²) in [6.45, 7) is 3.80. The molecule has 0 heterocycles. The number of nitrogens with one attached hydrogen (secondary N) is 1. The van der Waals surface area contributed by atoms with Crippen LogP contribution in [-0.2, 0) is 9.53 Å². The predicted molar refractivity (Wildman–Crippen MR) is 79.2 cm³/mol. The van der Waals surface area contributed by atoms with Crippen molar-refractivity contribution in [1.82, 2.24) is 5.32 Å². The van der Waals surface area contributed by atoms with E-state index in [0.717, 1.165) is 6.42 Å². The molecule has 4 nitrogen and oxygen atoms in total. The lowest BCUT2D eigenvalue weighted by atomic mass is 9.99. The van der Waals surface area contributed by atoms with Crippen LogP contribution in [0, 0.1) is 5.92 Å². The van der Waals surface area contributed by atoms with Crippen molar-refractivity contribution in [2.45, 2.75) is 26.3 Å². The quantitative estimate of drug-likeness (QED) is 0.848. The number of carbonyl (C=O) groups excluding carboxylic acids is 2. The molecule has 0 aliphatic carbocycles. The molecule has 20 heavy (non-hydrogen) atoms. The summed E-state index contributed by atoms with van der Waals surface area (Å²) in [5.74, 6) is -0.947. The van der Waals surface area contributed by atoms with Gasteiger partial charge in [0.25, 0.3) is 5.91 Å². The van der Waals surface area contributed by atoms with E-state index in [-0.39, 0.29) is 16.5 Å². The van der Waals surface area contributed by atoms with Crippen molar-refractivity contribution in [3.05, 3.63) is 33.8 Å². The number of halogens is 2. The van der Waals surface area contributed by atoms with Crippen LogP contribution in [0.5, 0.6) is 0 Å². The molecule has 0 saturated heterocycles. The fraction of sp³-hybridized carbons (Fsp3) is 0.429. The van der Waals surface area contributed by atoms with Gasteiger partial charge in [-0.1, -0.05) is 43.5 Å². The summed E-state index contributed by atoms with van der Waals surface area (Å²) < 4.78 is 4.71. The molecule has 0 bridgehead atoms. The maximum Gasteiger partial charge on any atom is 0.328 e. The topological polar surface area (TPSA) is 55.4 Å². The first-order valence-electron chi connectivity index (χ1n) is 6.24. The Hall–Kier alpha value is -1.26. The van der Waals surface area contributed by atoms with Gasteiger partial charge in [0.1, 0.15) is 6.04 Å². The van der Waals surface area contributed by atoms with Gasteiger partial charge in [-0.2, -0.15) is 0 Å². The largest absolute Gasteiger partial charge is 0.467 e. The van der Waals surface area contributed by atoms with Crippen LogP contribution in [0.15, 0.2) is 18.2 Å². The molecule has 0 saturated carbocycles. The Labute approximate surface area is 128 Å². The maximum absolute atomic E-state index is 12.2. The van der Waals surface area contributed by atoms with Crippen LogP contribution in [0.4, 0.5) is 0 Å². The summed E-state index contributed by atoms with van der Waals surface area (Å²) in [5.41, 5.74) is 0.272. The lowest BCUT2D eigenvalue weighted by Crippen LogP contribution is -2.45. The lowest BCUT2D eigenvalue weighted by molar-refractivity contribution is -0.144. The highest BCUT2D eigenvalue weighted by atomic mass is 35.5. The van der Waals surface area contributed by atoms with Gasteiger partial charge < -0.3 is 10.1 Å². The van der Waals surface area contributed by atoms with Gasteiger partial charge in [0.15, 0.2) is 0 Å². The molecule has 1 N–H and O–H groups in total. The third-order valence-electron chi connectivity index (χ3n) is 3.13. The van der Waals surface area contributed by atoms with E-state index < -0.39 is 17.9 Å². The van der Waals surface area contributed by atoms with E-state index in [0.29, 0.717) is 5.02 Å². The van der Waals surface area contributed by atoms with Crippen LogP contribution < -0.4 is 5.32 Å². The van der Waals surface area contributed by atoms with E-state index in [1.165, 1.54) is 19.2 Å². The monoisotopic (exact) mass is 317 g/mol. The Morgan fingerprint density at radius 1 is 1.35 bits per heavy atom. The van der Waals surface area contributed by atoms with Crippen LogP contribution >= 0.6 is 23.2 Å². The van der Waals surface area contributed by atoms with Gasteiger partial charge in [-0.25, -0.2) is 4.79 Å². The Bertz CT molecular complexity index is 505. The number of rotatable bonds is 5. The van der Waals surface area contributed by atoms with Crippen molar-refractivity contribution >= 4 is 35.1 Å². The van der Waals surface area contributed by atoms with Crippen molar-refractivity contribution in [3.8, 4) is 0 Å². The molecule has 0 radical (unpaired) electrons. The van der Waals surface area contributed by atoms with Crippen LogP contribution in [0.2, 0.25) is 10.0 Å². The summed E-state index contributed by atoms with van der Waals surface area (Å²) in [6, 6.07) is 3.86. The van der Waals surface area contributed by atoms with Gasteiger partial charge in [0, 0.05) is 5.02 Å². The van der Waals surface area contributed by atoms with Gasteiger partial charge in [-0.05, 0) is 24.1 Å². The molecule has 1 amide bonds. The minimum atomic E-state index is -0.704.